The van der Waals surface area contributed by atoms with Crippen LogP contribution in [0.25, 0.3) is 0 Å². The third-order valence-electron chi connectivity index (χ3n) is 9.46. The molecule has 0 aromatic rings. The normalized spacial score (nSPS) is 55.3. The zero-order valence-electron chi connectivity index (χ0n) is 16.1. The van der Waals surface area contributed by atoms with Gasteiger partial charge in [-0.3, -0.25) is 0 Å². The second kappa shape index (κ2) is 6.67. The molecule has 0 aromatic heterocycles. The van der Waals surface area contributed by atoms with Gasteiger partial charge in [-0.25, -0.2) is 0 Å². The molecule has 0 spiro atoms. The number of hydrogen-bond donors (Lipinski definition) is 2. The zero-order chi connectivity index (χ0) is 17.8. The minimum Gasteiger partial charge on any atom is -0.393 e. The smallest absolute Gasteiger partial charge is 0.0624 e. The number of alkyl halides is 1. The molecule has 0 heterocycles. The molecule has 4 saturated carbocycles. The molecule has 4 aliphatic carbocycles. The van der Waals surface area contributed by atoms with Gasteiger partial charge in [-0.05, 0) is 105 Å². The molecule has 2 N–H and O–H groups in total. The summed E-state index contributed by atoms with van der Waals surface area (Å²) in [7, 11) is 0. The van der Waals surface area contributed by atoms with Gasteiger partial charge < -0.3 is 10.2 Å². The third kappa shape index (κ3) is 2.81. The van der Waals surface area contributed by atoms with Gasteiger partial charge in [0.1, 0.15) is 0 Å². The van der Waals surface area contributed by atoms with Crippen molar-refractivity contribution in [1.82, 2.24) is 0 Å². The van der Waals surface area contributed by atoms with Gasteiger partial charge in [0, 0.05) is 5.88 Å². The fraction of sp³-hybridized carbons (Fsp3) is 1.00. The average molecular weight is 369 g/mol. The molecule has 2 nitrogen and oxygen atoms in total. The van der Waals surface area contributed by atoms with Crippen molar-refractivity contribution >= 4 is 11.6 Å². The standard InChI is InChI=1S/C22H37ClO2/c1-21-9-7-16(24)13-15(21)5-6-17-18(21)8-10-22(2)19(17)12-14(20(22)25)4-3-11-23/h14-20,24-25H,3-13H2,1-2H3/t14-,15+,16-,17?,18?,19?,20+,21+,22+/m1/s1. The second-order valence-corrected chi connectivity index (χ2v) is 10.8. The fourth-order valence-corrected chi connectivity index (χ4v) is 8.16. The number of aliphatic hydroxyl groups excluding tert-OH is 2. The van der Waals surface area contributed by atoms with Crippen molar-refractivity contribution in [1.29, 1.82) is 0 Å². The van der Waals surface area contributed by atoms with E-state index in [9.17, 15) is 10.2 Å². The average Bonchev–Trinajstić information content (AvgIpc) is 2.85. The van der Waals surface area contributed by atoms with E-state index in [4.69, 9.17) is 11.6 Å². The summed E-state index contributed by atoms with van der Waals surface area (Å²) in [6.45, 7) is 4.93. The SMILES string of the molecule is C[C@]12CCC3C(CC[C@H]4C[C@H](O)CC[C@]34C)C1C[C@@H](CCCCl)[C@@H]2O. The van der Waals surface area contributed by atoms with Crippen LogP contribution in [0.15, 0.2) is 0 Å². The van der Waals surface area contributed by atoms with Gasteiger partial charge in [0.15, 0.2) is 0 Å². The summed E-state index contributed by atoms with van der Waals surface area (Å²) < 4.78 is 0. The molecule has 3 heteroatoms. The Hall–Kier alpha value is 0.210. The molecule has 3 unspecified atom stereocenters. The third-order valence-corrected chi connectivity index (χ3v) is 9.73. The van der Waals surface area contributed by atoms with Gasteiger partial charge in [0.2, 0.25) is 0 Å². The topological polar surface area (TPSA) is 40.5 Å². The summed E-state index contributed by atoms with van der Waals surface area (Å²) in [4.78, 5) is 0. The van der Waals surface area contributed by atoms with Crippen molar-refractivity contribution in [2.75, 3.05) is 5.88 Å². The first-order chi connectivity index (χ1) is 11.9. The first kappa shape index (κ1) is 18.6. The molecular weight excluding hydrogens is 332 g/mol. The van der Waals surface area contributed by atoms with Crippen molar-refractivity contribution in [3.05, 3.63) is 0 Å². The molecule has 0 radical (unpaired) electrons. The van der Waals surface area contributed by atoms with E-state index in [1.807, 2.05) is 0 Å². The summed E-state index contributed by atoms with van der Waals surface area (Å²) in [5, 5.41) is 21.3. The summed E-state index contributed by atoms with van der Waals surface area (Å²) in [6.07, 6.45) is 11.5. The second-order valence-electron chi connectivity index (χ2n) is 10.4. The Bertz CT molecular complexity index is 496. The highest BCUT2D eigenvalue weighted by Crippen LogP contribution is 2.67. The van der Waals surface area contributed by atoms with E-state index in [-0.39, 0.29) is 17.6 Å². The molecule has 4 aliphatic rings. The van der Waals surface area contributed by atoms with Crippen molar-refractivity contribution in [2.45, 2.75) is 90.3 Å². The summed E-state index contributed by atoms with van der Waals surface area (Å²) in [5.41, 5.74) is 0.568. The molecule has 0 aliphatic heterocycles. The van der Waals surface area contributed by atoms with E-state index in [1.54, 1.807) is 0 Å². The molecule has 0 saturated heterocycles. The molecule has 0 aromatic carbocycles. The summed E-state index contributed by atoms with van der Waals surface area (Å²) in [6, 6.07) is 0. The van der Waals surface area contributed by atoms with Crippen LogP contribution in [-0.2, 0) is 0 Å². The van der Waals surface area contributed by atoms with Crippen LogP contribution in [0.3, 0.4) is 0 Å². The maximum absolute atomic E-state index is 11.1. The Balaban J connectivity index is 1.56. The van der Waals surface area contributed by atoms with E-state index in [0.29, 0.717) is 17.3 Å². The van der Waals surface area contributed by atoms with Crippen LogP contribution in [0.2, 0.25) is 0 Å². The predicted octanol–water partition coefficient (Wildman–Crippen LogP) is 5.00. The lowest BCUT2D eigenvalue weighted by molar-refractivity contribution is -0.134. The lowest BCUT2D eigenvalue weighted by Gasteiger charge is -2.60. The van der Waals surface area contributed by atoms with Crippen molar-refractivity contribution in [2.24, 2.45) is 40.4 Å². The largest absolute Gasteiger partial charge is 0.393 e. The minimum absolute atomic E-state index is 0.0586. The number of hydrogen-bond acceptors (Lipinski definition) is 2. The van der Waals surface area contributed by atoms with Crippen LogP contribution in [-0.4, -0.2) is 28.3 Å². The van der Waals surface area contributed by atoms with Crippen LogP contribution < -0.4 is 0 Å². The number of aliphatic hydroxyl groups is 2. The Labute approximate surface area is 158 Å². The quantitative estimate of drug-likeness (QED) is 0.688. The lowest BCUT2D eigenvalue weighted by Crippen LogP contribution is -2.54. The molecule has 0 bridgehead atoms. The highest BCUT2D eigenvalue weighted by Gasteiger charge is 2.61. The minimum atomic E-state index is -0.125. The first-order valence-corrected chi connectivity index (χ1v) is 11.4. The Morgan fingerprint density at radius 1 is 0.920 bits per heavy atom. The highest BCUT2D eigenvalue weighted by molar-refractivity contribution is 6.17. The zero-order valence-corrected chi connectivity index (χ0v) is 16.8. The first-order valence-electron chi connectivity index (χ1n) is 10.8. The van der Waals surface area contributed by atoms with Crippen LogP contribution in [0, 0.1) is 40.4 Å². The van der Waals surface area contributed by atoms with Crippen molar-refractivity contribution in [3.8, 4) is 0 Å². The van der Waals surface area contributed by atoms with Crippen molar-refractivity contribution in [3.63, 3.8) is 0 Å². The summed E-state index contributed by atoms with van der Waals surface area (Å²) in [5.74, 6) is 4.22. The van der Waals surface area contributed by atoms with E-state index >= 15 is 0 Å². The molecule has 4 fully saturated rings. The maximum Gasteiger partial charge on any atom is 0.0624 e. The number of halogens is 1. The Morgan fingerprint density at radius 3 is 2.44 bits per heavy atom. The molecule has 4 rings (SSSR count). The van der Waals surface area contributed by atoms with E-state index in [2.05, 4.69) is 13.8 Å². The summed E-state index contributed by atoms with van der Waals surface area (Å²) >= 11 is 5.93. The van der Waals surface area contributed by atoms with Crippen molar-refractivity contribution < 1.29 is 10.2 Å². The van der Waals surface area contributed by atoms with Gasteiger partial charge in [-0.2, -0.15) is 0 Å². The Morgan fingerprint density at radius 2 is 1.68 bits per heavy atom. The van der Waals surface area contributed by atoms with Gasteiger partial charge in [0.05, 0.1) is 12.2 Å². The van der Waals surface area contributed by atoms with Crippen LogP contribution in [0.4, 0.5) is 0 Å². The van der Waals surface area contributed by atoms with Gasteiger partial charge in [0.25, 0.3) is 0 Å². The van der Waals surface area contributed by atoms with E-state index in [1.165, 1.54) is 38.5 Å². The van der Waals surface area contributed by atoms with Crippen LogP contribution in [0.5, 0.6) is 0 Å². The molecular formula is C22H37ClO2. The maximum atomic E-state index is 11.1. The van der Waals surface area contributed by atoms with E-state index < -0.39 is 0 Å². The highest BCUT2D eigenvalue weighted by atomic mass is 35.5. The number of fused-ring (bicyclic) bond motifs is 5. The molecule has 144 valence electrons. The Kier molecular flexibility index (Phi) is 4.96. The lowest BCUT2D eigenvalue weighted by atomic mass is 9.45. The van der Waals surface area contributed by atoms with Gasteiger partial charge in [-0.15, -0.1) is 11.6 Å². The van der Waals surface area contributed by atoms with Gasteiger partial charge in [-0.1, -0.05) is 13.8 Å². The molecule has 0 amide bonds. The van der Waals surface area contributed by atoms with Crippen LogP contribution >= 0.6 is 11.6 Å². The molecule has 25 heavy (non-hydrogen) atoms. The van der Waals surface area contributed by atoms with E-state index in [0.717, 1.165) is 49.3 Å². The van der Waals surface area contributed by atoms with Gasteiger partial charge >= 0.3 is 0 Å². The molecule has 9 atom stereocenters. The van der Waals surface area contributed by atoms with Crippen LogP contribution in [0.1, 0.15) is 78.1 Å². The fourth-order valence-electron chi connectivity index (χ4n) is 8.00. The monoisotopic (exact) mass is 368 g/mol. The number of rotatable bonds is 3. The predicted molar refractivity (Wildman–Crippen MR) is 103 cm³/mol.